The number of aromatic amines is 1. The summed E-state index contributed by atoms with van der Waals surface area (Å²) in [6.45, 7) is 3.76. The third kappa shape index (κ3) is 1.79. The van der Waals surface area contributed by atoms with Crippen molar-refractivity contribution in [3.05, 3.63) is 28.7 Å². The van der Waals surface area contributed by atoms with E-state index in [0.717, 1.165) is 16.4 Å². The molecular weight excluding hydrogens is 206 g/mol. The average Bonchev–Trinajstić information content (AvgIpc) is 2.88. The van der Waals surface area contributed by atoms with E-state index < -0.39 is 5.41 Å². The Labute approximate surface area is 92.4 Å². The molecule has 0 aromatic carbocycles. The topological polar surface area (TPSA) is 52.5 Å². The Bertz CT molecular complexity index is 488. The number of rotatable bonds is 2. The summed E-state index contributed by atoms with van der Waals surface area (Å²) < 4.78 is 0. The number of H-pyrrole nitrogens is 1. The second-order valence-electron chi connectivity index (χ2n) is 3.86. The van der Waals surface area contributed by atoms with Crippen LogP contribution in [-0.4, -0.2) is 9.97 Å². The molecular formula is C11H11N3S. The predicted molar refractivity (Wildman–Crippen MR) is 60.5 cm³/mol. The smallest absolute Gasteiger partial charge is 0.113 e. The van der Waals surface area contributed by atoms with E-state index in [1.165, 1.54) is 11.3 Å². The van der Waals surface area contributed by atoms with Crippen LogP contribution in [0.2, 0.25) is 0 Å². The summed E-state index contributed by atoms with van der Waals surface area (Å²) in [5.41, 5.74) is 1.39. The van der Waals surface area contributed by atoms with Crippen LogP contribution >= 0.6 is 11.3 Å². The number of hydrogen-bond acceptors (Lipinski definition) is 3. The zero-order valence-electron chi connectivity index (χ0n) is 8.61. The van der Waals surface area contributed by atoms with Gasteiger partial charge in [-0.3, -0.25) is 0 Å². The number of nitrogens with one attached hydrogen (secondary N) is 1. The van der Waals surface area contributed by atoms with Crippen LogP contribution in [0.25, 0.3) is 11.4 Å². The second kappa shape index (κ2) is 3.52. The zero-order chi connectivity index (χ0) is 10.9. The van der Waals surface area contributed by atoms with Gasteiger partial charge in [0.15, 0.2) is 0 Å². The Morgan fingerprint density at radius 1 is 1.53 bits per heavy atom. The first kappa shape index (κ1) is 9.94. The molecule has 0 radical (unpaired) electrons. The van der Waals surface area contributed by atoms with Gasteiger partial charge in [-0.2, -0.15) is 5.26 Å². The summed E-state index contributed by atoms with van der Waals surface area (Å²) in [7, 11) is 0. The molecule has 0 amide bonds. The molecule has 0 bridgehead atoms. The van der Waals surface area contributed by atoms with E-state index in [0.29, 0.717) is 0 Å². The first-order valence-electron chi connectivity index (χ1n) is 4.64. The molecule has 0 aliphatic carbocycles. The fraction of sp³-hybridized carbons (Fsp3) is 0.273. The van der Waals surface area contributed by atoms with Gasteiger partial charge in [-0.05, 0) is 26.0 Å². The van der Waals surface area contributed by atoms with Crippen LogP contribution < -0.4 is 0 Å². The maximum Gasteiger partial charge on any atom is 0.113 e. The Kier molecular flexibility index (Phi) is 2.33. The van der Waals surface area contributed by atoms with Crippen LogP contribution in [-0.2, 0) is 5.41 Å². The molecule has 76 valence electrons. The maximum absolute atomic E-state index is 9.00. The third-order valence-electron chi connectivity index (χ3n) is 2.19. The number of nitrogens with zero attached hydrogens (tertiary/aromatic N) is 2. The Morgan fingerprint density at radius 3 is 2.93 bits per heavy atom. The van der Waals surface area contributed by atoms with Gasteiger partial charge < -0.3 is 4.98 Å². The van der Waals surface area contributed by atoms with Crippen molar-refractivity contribution in [2.24, 2.45) is 0 Å². The van der Waals surface area contributed by atoms with Gasteiger partial charge in [0, 0.05) is 11.6 Å². The lowest BCUT2D eigenvalue weighted by Gasteiger charge is -2.09. The van der Waals surface area contributed by atoms with Crippen LogP contribution in [0.3, 0.4) is 0 Å². The van der Waals surface area contributed by atoms with Crippen LogP contribution in [0.1, 0.15) is 18.9 Å². The molecule has 0 atom stereocenters. The van der Waals surface area contributed by atoms with Gasteiger partial charge in [0.25, 0.3) is 0 Å². The normalized spacial score (nSPS) is 11.3. The van der Waals surface area contributed by atoms with E-state index in [-0.39, 0.29) is 0 Å². The lowest BCUT2D eigenvalue weighted by Crippen LogP contribution is -2.13. The SMILES string of the molecule is CC(C)(C#N)c1nc(-c2ccc[nH]2)cs1. The number of nitriles is 1. The van der Waals surface area contributed by atoms with Crippen LogP contribution in [0.5, 0.6) is 0 Å². The third-order valence-corrected chi connectivity index (χ3v) is 3.36. The lowest BCUT2D eigenvalue weighted by molar-refractivity contribution is 0.680. The highest BCUT2D eigenvalue weighted by molar-refractivity contribution is 7.10. The lowest BCUT2D eigenvalue weighted by atomic mass is 9.97. The molecule has 0 spiro atoms. The van der Waals surface area contributed by atoms with Crippen molar-refractivity contribution in [1.82, 2.24) is 9.97 Å². The van der Waals surface area contributed by atoms with E-state index in [1.54, 1.807) is 0 Å². The van der Waals surface area contributed by atoms with Crippen molar-refractivity contribution in [3.8, 4) is 17.5 Å². The molecule has 2 aromatic heterocycles. The minimum absolute atomic E-state index is 0.504. The van der Waals surface area contributed by atoms with Crippen molar-refractivity contribution < 1.29 is 0 Å². The van der Waals surface area contributed by atoms with E-state index in [9.17, 15) is 0 Å². The summed E-state index contributed by atoms with van der Waals surface area (Å²) in [6.07, 6.45) is 1.86. The average molecular weight is 217 g/mol. The first-order valence-corrected chi connectivity index (χ1v) is 5.52. The largest absolute Gasteiger partial charge is 0.360 e. The number of hydrogen-bond donors (Lipinski definition) is 1. The summed E-state index contributed by atoms with van der Waals surface area (Å²) in [6, 6.07) is 6.16. The monoisotopic (exact) mass is 217 g/mol. The molecule has 2 aromatic rings. The Hall–Kier alpha value is -1.60. The summed E-state index contributed by atoms with van der Waals surface area (Å²) in [4.78, 5) is 7.56. The highest BCUT2D eigenvalue weighted by atomic mass is 32.1. The predicted octanol–water partition coefficient (Wildman–Crippen LogP) is 2.94. The van der Waals surface area contributed by atoms with Crippen molar-refractivity contribution in [3.63, 3.8) is 0 Å². The highest BCUT2D eigenvalue weighted by Crippen LogP contribution is 2.28. The van der Waals surface area contributed by atoms with Crippen LogP contribution in [0.15, 0.2) is 23.7 Å². The fourth-order valence-electron chi connectivity index (χ4n) is 1.22. The molecule has 4 heteroatoms. The van der Waals surface area contributed by atoms with Gasteiger partial charge >= 0.3 is 0 Å². The van der Waals surface area contributed by atoms with Crippen LogP contribution in [0, 0.1) is 11.3 Å². The van der Waals surface area contributed by atoms with Gasteiger partial charge in [-0.15, -0.1) is 11.3 Å². The molecule has 2 heterocycles. The minimum atomic E-state index is -0.504. The Morgan fingerprint density at radius 2 is 2.33 bits per heavy atom. The molecule has 0 fully saturated rings. The number of aromatic nitrogens is 2. The van der Waals surface area contributed by atoms with Gasteiger partial charge in [-0.1, -0.05) is 0 Å². The van der Waals surface area contributed by atoms with Gasteiger partial charge in [-0.25, -0.2) is 4.98 Å². The minimum Gasteiger partial charge on any atom is -0.360 e. The highest BCUT2D eigenvalue weighted by Gasteiger charge is 2.23. The Balaban J connectivity index is 2.38. The molecule has 15 heavy (non-hydrogen) atoms. The van der Waals surface area contributed by atoms with Crippen molar-refractivity contribution in [2.45, 2.75) is 19.3 Å². The van der Waals surface area contributed by atoms with Gasteiger partial charge in [0.2, 0.25) is 0 Å². The molecule has 0 aliphatic heterocycles. The molecule has 0 saturated carbocycles. The van der Waals surface area contributed by atoms with Crippen LogP contribution in [0.4, 0.5) is 0 Å². The van der Waals surface area contributed by atoms with Gasteiger partial charge in [0.1, 0.15) is 10.4 Å². The number of thiazole rings is 1. The zero-order valence-corrected chi connectivity index (χ0v) is 9.43. The van der Waals surface area contributed by atoms with E-state index in [2.05, 4.69) is 16.0 Å². The van der Waals surface area contributed by atoms with Crippen molar-refractivity contribution in [1.29, 1.82) is 5.26 Å². The van der Waals surface area contributed by atoms with E-state index in [1.807, 2.05) is 37.6 Å². The van der Waals surface area contributed by atoms with Crippen molar-refractivity contribution >= 4 is 11.3 Å². The molecule has 0 aliphatic rings. The standard InChI is InChI=1S/C11H11N3S/c1-11(2,7-12)10-14-9(6-15-10)8-4-3-5-13-8/h3-6,13H,1-2H3. The van der Waals surface area contributed by atoms with Crippen molar-refractivity contribution in [2.75, 3.05) is 0 Å². The quantitative estimate of drug-likeness (QED) is 0.840. The van der Waals surface area contributed by atoms with E-state index in [4.69, 9.17) is 5.26 Å². The second-order valence-corrected chi connectivity index (χ2v) is 4.72. The summed E-state index contributed by atoms with van der Waals surface area (Å²) in [5, 5.41) is 11.8. The summed E-state index contributed by atoms with van der Waals surface area (Å²) >= 11 is 1.53. The fourth-order valence-corrected chi connectivity index (χ4v) is 2.12. The molecule has 0 unspecified atom stereocenters. The van der Waals surface area contributed by atoms with Gasteiger partial charge in [0.05, 0.1) is 17.5 Å². The van der Waals surface area contributed by atoms with E-state index >= 15 is 0 Å². The molecule has 3 nitrogen and oxygen atoms in total. The molecule has 2 rings (SSSR count). The molecule has 1 N–H and O–H groups in total. The summed E-state index contributed by atoms with van der Waals surface area (Å²) in [5.74, 6) is 0. The first-order chi connectivity index (χ1) is 7.13. The molecule has 0 saturated heterocycles. The maximum atomic E-state index is 9.00.